The van der Waals surface area contributed by atoms with E-state index >= 15 is 0 Å². The van der Waals surface area contributed by atoms with Crippen LogP contribution in [0.15, 0.2) is 41.3 Å². The van der Waals surface area contributed by atoms with Gasteiger partial charge in [-0.05, 0) is 12.1 Å². The molecule has 0 spiro atoms. The van der Waals surface area contributed by atoms with Crippen LogP contribution in [-0.2, 0) is 0 Å². The topological polar surface area (TPSA) is 137 Å². The third-order valence-corrected chi connectivity index (χ3v) is 2.10. The Balaban J connectivity index is 0.000000191. The molecule has 7 nitrogen and oxygen atoms in total. The van der Waals surface area contributed by atoms with Crippen LogP contribution in [0.4, 0.5) is 5.69 Å². The van der Waals surface area contributed by atoms with Gasteiger partial charge in [-0.3, -0.25) is 4.79 Å². The van der Waals surface area contributed by atoms with E-state index in [0.29, 0.717) is 5.69 Å². The molecule has 1 heterocycles. The van der Waals surface area contributed by atoms with Crippen molar-refractivity contribution in [2.75, 3.05) is 5.73 Å². The average Bonchev–Trinajstić information content (AvgIpc) is 2.37. The van der Waals surface area contributed by atoms with Gasteiger partial charge in [-0.2, -0.15) is 0 Å². The molecule has 19 heavy (non-hydrogen) atoms. The smallest absolute Gasteiger partial charge is 0.337 e. The number of hydrogen-bond acceptors (Lipinski definition) is 5. The first kappa shape index (κ1) is 14.1. The Kier molecular flexibility index (Phi) is 4.53. The first-order valence-electron chi connectivity index (χ1n) is 5.11. The number of carboxylic acid groups (broad SMARTS) is 1. The maximum Gasteiger partial charge on any atom is 0.337 e. The number of pyridine rings is 1. The second kappa shape index (κ2) is 6.10. The molecule has 2 rings (SSSR count). The van der Waals surface area contributed by atoms with E-state index in [1.165, 1.54) is 18.3 Å². The third kappa shape index (κ3) is 3.77. The van der Waals surface area contributed by atoms with Crippen molar-refractivity contribution in [2.24, 2.45) is 0 Å². The predicted octanol–water partition coefficient (Wildman–Crippen LogP) is 0.753. The Labute approximate surface area is 107 Å². The number of carboxylic acids is 1. The molecule has 0 atom stereocenters. The minimum Gasteiger partial charge on any atom is -0.504 e. The molecule has 0 unspecified atom stereocenters. The monoisotopic (exact) mass is 264 g/mol. The predicted molar refractivity (Wildman–Crippen MR) is 68.2 cm³/mol. The molecular formula is C12H12N2O5. The lowest BCUT2D eigenvalue weighted by Gasteiger charge is -1.96. The van der Waals surface area contributed by atoms with Crippen LogP contribution in [0.1, 0.15) is 10.4 Å². The van der Waals surface area contributed by atoms with Crippen LogP contribution >= 0.6 is 0 Å². The van der Waals surface area contributed by atoms with Crippen molar-refractivity contribution in [2.45, 2.75) is 0 Å². The molecule has 0 bridgehead atoms. The summed E-state index contributed by atoms with van der Waals surface area (Å²) in [4.78, 5) is 22.9. The maximum atomic E-state index is 10.4. The van der Waals surface area contributed by atoms with Gasteiger partial charge in [0.15, 0.2) is 5.75 Å². The summed E-state index contributed by atoms with van der Waals surface area (Å²) in [6, 6.07) is 7.56. The van der Waals surface area contributed by atoms with Crippen molar-refractivity contribution < 1.29 is 20.1 Å². The first-order valence-corrected chi connectivity index (χ1v) is 5.11. The van der Waals surface area contributed by atoms with Crippen molar-refractivity contribution in [3.8, 4) is 11.5 Å². The number of benzene rings is 1. The van der Waals surface area contributed by atoms with Crippen molar-refractivity contribution in [3.05, 3.63) is 52.4 Å². The highest BCUT2D eigenvalue weighted by Crippen LogP contribution is 2.15. The quantitative estimate of drug-likeness (QED) is 0.482. The summed E-state index contributed by atoms with van der Waals surface area (Å²) in [7, 11) is 0. The normalized spacial score (nSPS) is 9.26. The zero-order valence-electron chi connectivity index (χ0n) is 9.70. The van der Waals surface area contributed by atoms with Crippen LogP contribution in [0.3, 0.4) is 0 Å². The third-order valence-electron chi connectivity index (χ3n) is 2.10. The largest absolute Gasteiger partial charge is 0.504 e. The Morgan fingerprint density at radius 1 is 1.16 bits per heavy atom. The summed E-state index contributed by atoms with van der Waals surface area (Å²) in [6.45, 7) is 0. The van der Waals surface area contributed by atoms with Gasteiger partial charge in [-0.25, -0.2) is 4.79 Å². The Hall–Kier alpha value is -2.96. The number of H-pyrrole nitrogens is 1. The average molecular weight is 264 g/mol. The second-order valence-corrected chi connectivity index (χ2v) is 3.43. The van der Waals surface area contributed by atoms with E-state index in [1.807, 2.05) is 0 Å². The van der Waals surface area contributed by atoms with E-state index in [2.05, 4.69) is 4.98 Å². The summed E-state index contributed by atoms with van der Waals surface area (Å²) in [6.07, 6.45) is 1.25. The fourth-order valence-corrected chi connectivity index (χ4v) is 1.15. The number of anilines is 1. The zero-order valence-corrected chi connectivity index (χ0v) is 9.70. The number of para-hydroxylation sites is 1. The summed E-state index contributed by atoms with van der Waals surface area (Å²) in [5.74, 6) is -2.03. The van der Waals surface area contributed by atoms with E-state index in [9.17, 15) is 9.59 Å². The van der Waals surface area contributed by atoms with Crippen molar-refractivity contribution in [1.82, 2.24) is 4.98 Å². The zero-order chi connectivity index (χ0) is 14.4. The summed E-state index contributed by atoms with van der Waals surface area (Å²) < 4.78 is 0. The van der Waals surface area contributed by atoms with E-state index in [1.54, 1.807) is 18.2 Å². The molecule has 6 N–H and O–H groups in total. The van der Waals surface area contributed by atoms with E-state index in [0.717, 1.165) is 0 Å². The van der Waals surface area contributed by atoms with Crippen molar-refractivity contribution >= 4 is 11.7 Å². The Bertz CT molecular complexity index is 636. The molecule has 1 aromatic carbocycles. The van der Waals surface area contributed by atoms with Crippen LogP contribution in [0.25, 0.3) is 0 Å². The van der Waals surface area contributed by atoms with Crippen LogP contribution in [0.2, 0.25) is 0 Å². The van der Waals surface area contributed by atoms with Crippen LogP contribution in [0, 0.1) is 0 Å². The molecule has 0 fully saturated rings. The number of aromatic hydroxyl groups is 2. The van der Waals surface area contributed by atoms with E-state index < -0.39 is 23.0 Å². The summed E-state index contributed by atoms with van der Waals surface area (Å²) >= 11 is 0. The first-order chi connectivity index (χ1) is 8.93. The number of aromatic nitrogens is 1. The molecule has 0 saturated heterocycles. The molecule has 100 valence electrons. The van der Waals surface area contributed by atoms with Gasteiger partial charge in [-0.15, -0.1) is 0 Å². The minimum atomic E-state index is -0.988. The molecule has 1 aromatic heterocycles. The Morgan fingerprint density at radius 3 is 2.21 bits per heavy atom. The van der Waals surface area contributed by atoms with E-state index in [-0.39, 0.29) is 5.56 Å². The van der Waals surface area contributed by atoms with Gasteiger partial charge < -0.3 is 26.0 Å². The van der Waals surface area contributed by atoms with Gasteiger partial charge in [0, 0.05) is 18.0 Å². The highest BCUT2D eigenvalue weighted by molar-refractivity contribution is 5.93. The molecule has 7 heteroatoms. The standard InChI is InChI=1S/C7H7NO2.C5H5NO3/c8-6-4-2-1-3-5(6)7(9)10;7-3-1-2-6-5(9)4(3)8/h1-4H,8H2,(H,9,10);1-2,8H,(H2,6,7,9). The SMILES string of the molecule is Nc1ccccc1C(=O)O.O=c1[nH]ccc(O)c1O. The fraction of sp³-hybridized carbons (Fsp3) is 0. The van der Waals surface area contributed by atoms with Gasteiger partial charge >= 0.3 is 5.97 Å². The highest BCUT2D eigenvalue weighted by atomic mass is 16.4. The van der Waals surface area contributed by atoms with Gasteiger partial charge in [0.25, 0.3) is 5.56 Å². The number of nitrogens with two attached hydrogens (primary N) is 1. The number of nitrogens with one attached hydrogen (secondary N) is 1. The minimum absolute atomic E-state index is 0.155. The number of aromatic carboxylic acids is 1. The molecule has 0 amide bonds. The van der Waals surface area contributed by atoms with Crippen molar-refractivity contribution in [3.63, 3.8) is 0 Å². The molecule has 0 aliphatic carbocycles. The van der Waals surface area contributed by atoms with E-state index in [4.69, 9.17) is 21.1 Å². The van der Waals surface area contributed by atoms with Crippen molar-refractivity contribution in [1.29, 1.82) is 0 Å². The van der Waals surface area contributed by atoms with Crippen LogP contribution in [-0.4, -0.2) is 26.3 Å². The highest BCUT2D eigenvalue weighted by Gasteiger charge is 2.03. The van der Waals surface area contributed by atoms with Gasteiger partial charge in [0.2, 0.25) is 5.75 Å². The number of aromatic amines is 1. The van der Waals surface area contributed by atoms with Crippen LogP contribution in [0.5, 0.6) is 11.5 Å². The summed E-state index contributed by atoms with van der Waals surface area (Å²) in [5, 5.41) is 25.7. The maximum absolute atomic E-state index is 10.4. The molecule has 0 aliphatic rings. The molecule has 0 radical (unpaired) electrons. The number of hydrogen-bond donors (Lipinski definition) is 5. The lowest BCUT2D eigenvalue weighted by molar-refractivity contribution is 0.0698. The molecule has 0 aliphatic heterocycles. The Morgan fingerprint density at radius 2 is 1.79 bits per heavy atom. The number of nitrogen functional groups attached to an aromatic ring is 1. The number of rotatable bonds is 1. The molecule has 2 aromatic rings. The molecule has 0 saturated carbocycles. The fourth-order valence-electron chi connectivity index (χ4n) is 1.15. The lowest BCUT2D eigenvalue weighted by Crippen LogP contribution is -2.02. The number of carbonyl (C=O) groups is 1. The summed E-state index contributed by atoms with van der Waals surface area (Å²) in [5.41, 5.74) is 5.11. The van der Waals surface area contributed by atoms with Gasteiger partial charge in [0.1, 0.15) is 0 Å². The second-order valence-electron chi connectivity index (χ2n) is 3.43. The van der Waals surface area contributed by atoms with Gasteiger partial charge in [0.05, 0.1) is 5.56 Å². The molecular weight excluding hydrogens is 252 g/mol. The lowest BCUT2D eigenvalue weighted by atomic mass is 10.2. The van der Waals surface area contributed by atoms with Gasteiger partial charge in [-0.1, -0.05) is 12.1 Å². The van der Waals surface area contributed by atoms with Crippen LogP contribution < -0.4 is 11.3 Å².